The lowest BCUT2D eigenvalue weighted by Gasteiger charge is -2.16. The first-order chi connectivity index (χ1) is 11.2. The molecular weight excluding hydrogens is 288 g/mol. The maximum atomic E-state index is 5.58. The van der Waals surface area contributed by atoms with Gasteiger partial charge in [0, 0.05) is 18.7 Å². The van der Waals surface area contributed by atoms with Crippen molar-refractivity contribution >= 4 is 5.96 Å². The molecule has 5 heteroatoms. The lowest BCUT2D eigenvalue weighted by molar-refractivity contribution is 0.571. The predicted octanol–water partition coefficient (Wildman–Crippen LogP) is 3.26. The van der Waals surface area contributed by atoms with Gasteiger partial charge in [-0.3, -0.25) is 4.99 Å². The molecule has 0 radical (unpaired) electrons. The van der Waals surface area contributed by atoms with E-state index in [0.29, 0.717) is 18.5 Å². The van der Waals surface area contributed by atoms with Crippen LogP contribution in [-0.2, 0) is 6.54 Å². The molecule has 1 saturated carbocycles. The van der Waals surface area contributed by atoms with E-state index in [-0.39, 0.29) is 0 Å². The van der Waals surface area contributed by atoms with Gasteiger partial charge in [-0.1, -0.05) is 30.5 Å². The molecule has 0 atom stereocenters. The number of benzene rings is 1. The van der Waals surface area contributed by atoms with E-state index in [1.54, 1.807) is 13.3 Å². The molecule has 3 rings (SSSR count). The van der Waals surface area contributed by atoms with E-state index in [2.05, 4.69) is 39.7 Å². The molecule has 1 fully saturated rings. The third-order valence-corrected chi connectivity index (χ3v) is 4.21. The van der Waals surface area contributed by atoms with Crippen LogP contribution in [0.5, 0.6) is 0 Å². The molecule has 5 nitrogen and oxygen atoms in total. The normalized spacial score (nSPS) is 15.8. The molecule has 0 aliphatic heterocycles. The Kier molecular flexibility index (Phi) is 4.95. The van der Waals surface area contributed by atoms with E-state index in [0.717, 1.165) is 17.2 Å². The number of aliphatic imine (C=N–C) groups is 1. The Morgan fingerprint density at radius 1 is 1.26 bits per heavy atom. The molecular formula is C18H24N4O. The zero-order chi connectivity index (χ0) is 16.1. The zero-order valence-corrected chi connectivity index (χ0v) is 13.8. The van der Waals surface area contributed by atoms with Crippen molar-refractivity contribution in [2.24, 2.45) is 4.99 Å². The van der Waals surface area contributed by atoms with E-state index in [4.69, 9.17) is 4.42 Å². The maximum absolute atomic E-state index is 5.58. The Morgan fingerprint density at radius 2 is 2.00 bits per heavy atom. The molecule has 122 valence electrons. The summed E-state index contributed by atoms with van der Waals surface area (Å²) in [6.45, 7) is 2.67. The van der Waals surface area contributed by atoms with Crippen molar-refractivity contribution in [3.8, 4) is 11.5 Å². The molecule has 1 aliphatic carbocycles. The van der Waals surface area contributed by atoms with Crippen LogP contribution in [0, 0.1) is 6.92 Å². The second-order valence-corrected chi connectivity index (χ2v) is 6.06. The van der Waals surface area contributed by atoms with Crippen LogP contribution in [0.3, 0.4) is 0 Å². The molecule has 1 aromatic carbocycles. The van der Waals surface area contributed by atoms with Crippen molar-refractivity contribution in [3.63, 3.8) is 0 Å². The molecule has 0 spiro atoms. The van der Waals surface area contributed by atoms with Crippen molar-refractivity contribution in [1.82, 2.24) is 15.6 Å². The summed E-state index contributed by atoms with van der Waals surface area (Å²) in [5.41, 5.74) is 3.09. The Bertz CT molecular complexity index is 654. The molecule has 1 heterocycles. The van der Waals surface area contributed by atoms with Crippen LogP contribution in [0.15, 0.2) is 39.9 Å². The predicted molar refractivity (Wildman–Crippen MR) is 92.3 cm³/mol. The topological polar surface area (TPSA) is 62.5 Å². The van der Waals surface area contributed by atoms with Crippen LogP contribution in [0.25, 0.3) is 11.5 Å². The highest BCUT2D eigenvalue weighted by Crippen LogP contribution is 2.19. The Balaban J connectivity index is 1.57. The number of hydrogen-bond acceptors (Lipinski definition) is 3. The zero-order valence-electron chi connectivity index (χ0n) is 13.8. The van der Waals surface area contributed by atoms with E-state index >= 15 is 0 Å². The Morgan fingerprint density at radius 3 is 2.70 bits per heavy atom. The number of aryl methyl sites for hydroxylation is 1. The van der Waals surface area contributed by atoms with Crippen molar-refractivity contribution in [3.05, 3.63) is 41.8 Å². The molecule has 1 aromatic heterocycles. The quantitative estimate of drug-likeness (QED) is 0.672. The van der Waals surface area contributed by atoms with Crippen molar-refractivity contribution in [1.29, 1.82) is 0 Å². The highest BCUT2D eigenvalue weighted by atomic mass is 16.3. The number of hydrogen-bond donors (Lipinski definition) is 2. The summed E-state index contributed by atoms with van der Waals surface area (Å²) in [7, 11) is 1.80. The van der Waals surface area contributed by atoms with Gasteiger partial charge in [0.1, 0.15) is 6.26 Å². The minimum Gasteiger partial charge on any atom is -0.444 e. The minimum atomic E-state index is 0.543. The second-order valence-electron chi connectivity index (χ2n) is 6.06. The molecule has 2 aromatic rings. The summed E-state index contributed by atoms with van der Waals surface area (Å²) in [5.74, 6) is 1.48. The van der Waals surface area contributed by atoms with Crippen LogP contribution < -0.4 is 10.6 Å². The summed E-state index contributed by atoms with van der Waals surface area (Å²) >= 11 is 0. The summed E-state index contributed by atoms with van der Waals surface area (Å²) in [5, 5.41) is 6.76. The van der Waals surface area contributed by atoms with Crippen molar-refractivity contribution in [2.45, 2.75) is 45.2 Å². The molecule has 2 N–H and O–H groups in total. The number of guanidine groups is 1. The van der Waals surface area contributed by atoms with Crippen molar-refractivity contribution in [2.75, 3.05) is 7.05 Å². The van der Waals surface area contributed by atoms with E-state index in [9.17, 15) is 0 Å². The highest BCUT2D eigenvalue weighted by molar-refractivity contribution is 5.79. The van der Waals surface area contributed by atoms with Crippen LogP contribution >= 0.6 is 0 Å². The van der Waals surface area contributed by atoms with Crippen LogP contribution in [0.2, 0.25) is 0 Å². The SMILES string of the molecule is CN=C(NCc1coc(-c2ccc(C)cc2)n1)NC1CCCC1. The fourth-order valence-electron chi connectivity index (χ4n) is 2.85. The molecule has 0 unspecified atom stereocenters. The Labute approximate surface area is 137 Å². The third-order valence-electron chi connectivity index (χ3n) is 4.21. The van der Waals surface area contributed by atoms with Gasteiger partial charge in [-0.15, -0.1) is 0 Å². The fraction of sp³-hybridized carbons (Fsp3) is 0.444. The average molecular weight is 312 g/mol. The van der Waals surface area contributed by atoms with Crippen LogP contribution in [-0.4, -0.2) is 24.0 Å². The largest absolute Gasteiger partial charge is 0.444 e. The van der Waals surface area contributed by atoms with Gasteiger partial charge in [-0.05, 0) is 31.9 Å². The lowest BCUT2D eigenvalue weighted by Crippen LogP contribution is -2.41. The van der Waals surface area contributed by atoms with E-state index < -0.39 is 0 Å². The van der Waals surface area contributed by atoms with E-state index in [1.165, 1.54) is 31.2 Å². The molecule has 23 heavy (non-hydrogen) atoms. The van der Waals surface area contributed by atoms with Crippen molar-refractivity contribution < 1.29 is 4.42 Å². The van der Waals surface area contributed by atoms with Gasteiger partial charge >= 0.3 is 0 Å². The molecule has 0 bridgehead atoms. The highest BCUT2D eigenvalue weighted by Gasteiger charge is 2.16. The van der Waals surface area contributed by atoms with Crippen LogP contribution in [0.1, 0.15) is 36.9 Å². The molecule has 0 saturated heterocycles. The first-order valence-corrected chi connectivity index (χ1v) is 8.23. The summed E-state index contributed by atoms with van der Waals surface area (Å²) in [6.07, 6.45) is 6.76. The first-order valence-electron chi connectivity index (χ1n) is 8.23. The monoisotopic (exact) mass is 312 g/mol. The first kappa shape index (κ1) is 15.6. The van der Waals surface area contributed by atoms with Crippen LogP contribution in [0.4, 0.5) is 0 Å². The van der Waals surface area contributed by atoms with Gasteiger partial charge in [0.05, 0.1) is 12.2 Å². The maximum Gasteiger partial charge on any atom is 0.226 e. The number of oxazole rings is 1. The van der Waals surface area contributed by atoms with Gasteiger partial charge in [-0.2, -0.15) is 0 Å². The van der Waals surface area contributed by atoms with Gasteiger partial charge in [-0.25, -0.2) is 4.98 Å². The van der Waals surface area contributed by atoms with Gasteiger partial charge < -0.3 is 15.1 Å². The third kappa shape index (κ3) is 4.12. The number of aromatic nitrogens is 1. The Hall–Kier alpha value is -2.30. The summed E-state index contributed by atoms with van der Waals surface area (Å²) < 4.78 is 5.58. The number of nitrogens with zero attached hydrogens (tertiary/aromatic N) is 2. The van der Waals surface area contributed by atoms with Gasteiger partial charge in [0.15, 0.2) is 5.96 Å². The molecule has 0 amide bonds. The number of nitrogens with one attached hydrogen (secondary N) is 2. The fourth-order valence-corrected chi connectivity index (χ4v) is 2.85. The number of rotatable bonds is 4. The smallest absolute Gasteiger partial charge is 0.226 e. The summed E-state index contributed by atoms with van der Waals surface area (Å²) in [4.78, 5) is 8.81. The standard InChI is InChI=1S/C18H24N4O/c1-13-7-9-14(10-8-13)17-21-16(12-23-17)11-20-18(19-2)22-15-5-3-4-6-15/h7-10,12,15H,3-6,11H2,1-2H3,(H2,19,20,22). The molecule has 1 aliphatic rings. The van der Waals surface area contributed by atoms with Gasteiger partial charge in [0.25, 0.3) is 0 Å². The van der Waals surface area contributed by atoms with E-state index in [1.807, 2.05) is 12.1 Å². The average Bonchev–Trinajstić information content (AvgIpc) is 3.24. The summed E-state index contributed by atoms with van der Waals surface area (Å²) in [6, 6.07) is 8.72. The second kappa shape index (κ2) is 7.31. The van der Waals surface area contributed by atoms with Gasteiger partial charge in [0.2, 0.25) is 5.89 Å². The lowest BCUT2D eigenvalue weighted by atomic mass is 10.1. The minimum absolute atomic E-state index is 0.543.